The van der Waals surface area contributed by atoms with Crippen LogP contribution in [0.2, 0.25) is 0 Å². The predicted molar refractivity (Wildman–Crippen MR) is 57.5 cm³/mol. The first-order chi connectivity index (χ1) is 7.71. The highest BCUT2D eigenvalue weighted by atomic mass is 16.5. The zero-order valence-electron chi connectivity index (χ0n) is 9.07. The van der Waals surface area contributed by atoms with Gasteiger partial charge in [-0.1, -0.05) is 0 Å². The average molecular weight is 224 g/mol. The molecule has 1 aliphatic rings. The van der Waals surface area contributed by atoms with E-state index in [9.17, 15) is 4.79 Å². The molecule has 0 radical (unpaired) electrons. The van der Waals surface area contributed by atoms with Crippen LogP contribution in [-0.4, -0.2) is 24.7 Å². The summed E-state index contributed by atoms with van der Waals surface area (Å²) in [7, 11) is 0. The van der Waals surface area contributed by atoms with Crippen molar-refractivity contribution in [1.29, 1.82) is 0 Å². The Labute approximate surface area is 93.9 Å². The van der Waals surface area contributed by atoms with E-state index in [-0.39, 0.29) is 5.91 Å². The molecule has 0 unspecified atom stereocenters. The third-order valence-electron chi connectivity index (χ3n) is 2.84. The van der Waals surface area contributed by atoms with Crippen LogP contribution in [0.5, 0.6) is 0 Å². The number of ether oxygens (including phenoxy) is 1. The minimum Gasteiger partial charge on any atom is -0.467 e. The molecule has 1 fully saturated rings. The van der Waals surface area contributed by atoms with Gasteiger partial charge in [0.1, 0.15) is 5.76 Å². The number of nitrogens with two attached hydrogens (primary N) is 1. The molecule has 0 aliphatic carbocycles. The summed E-state index contributed by atoms with van der Waals surface area (Å²) >= 11 is 0. The highest BCUT2D eigenvalue weighted by molar-refractivity contribution is 5.86. The molecule has 1 saturated heterocycles. The van der Waals surface area contributed by atoms with E-state index in [1.54, 1.807) is 12.3 Å². The summed E-state index contributed by atoms with van der Waals surface area (Å²) in [5.41, 5.74) is 5.23. The molecular weight excluding hydrogens is 208 g/mol. The molecule has 88 valence electrons. The molecule has 1 amide bonds. The monoisotopic (exact) mass is 224 g/mol. The van der Waals surface area contributed by atoms with E-state index in [1.165, 1.54) is 0 Å². The first-order valence-electron chi connectivity index (χ1n) is 5.38. The van der Waals surface area contributed by atoms with Gasteiger partial charge in [-0.3, -0.25) is 4.79 Å². The minimum absolute atomic E-state index is 0.132. The summed E-state index contributed by atoms with van der Waals surface area (Å²) in [5.74, 6) is 0.594. The lowest BCUT2D eigenvalue weighted by atomic mass is 9.90. The number of furan rings is 1. The zero-order chi connectivity index (χ0) is 11.4. The molecule has 5 nitrogen and oxygen atoms in total. The Hall–Kier alpha value is -1.33. The van der Waals surface area contributed by atoms with Gasteiger partial charge in [-0.2, -0.15) is 0 Å². The highest BCUT2D eigenvalue weighted by Crippen LogP contribution is 2.17. The van der Waals surface area contributed by atoms with Crippen molar-refractivity contribution in [2.45, 2.75) is 24.9 Å². The lowest BCUT2D eigenvalue weighted by molar-refractivity contribution is -0.130. The number of hydrogen-bond acceptors (Lipinski definition) is 4. The van der Waals surface area contributed by atoms with E-state index in [4.69, 9.17) is 14.9 Å². The molecule has 1 aromatic rings. The maximum atomic E-state index is 11.9. The van der Waals surface area contributed by atoms with Crippen LogP contribution < -0.4 is 11.1 Å². The van der Waals surface area contributed by atoms with Gasteiger partial charge in [0.05, 0.1) is 18.3 Å². The van der Waals surface area contributed by atoms with Crippen LogP contribution in [0.3, 0.4) is 0 Å². The Morgan fingerprint density at radius 3 is 2.88 bits per heavy atom. The van der Waals surface area contributed by atoms with Crippen molar-refractivity contribution in [3.05, 3.63) is 24.2 Å². The lowest BCUT2D eigenvalue weighted by Crippen LogP contribution is -2.56. The molecule has 3 N–H and O–H groups in total. The van der Waals surface area contributed by atoms with Crippen molar-refractivity contribution in [3.63, 3.8) is 0 Å². The molecule has 2 rings (SSSR count). The standard InChI is InChI=1S/C11H16N2O3/c12-11(3-6-15-7-4-11)10(14)13-8-9-2-1-5-16-9/h1-2,5H,3-4,6-8,12H2,(H,13,14). The Kier molecular flexibility index (Phi) is 3.26. The number of amides is 1. The molecule has 0 aromatic carbocycles. The first-order valence-corrected chi connectivity index (χ1v) is 5.38. The number of nitrogens with one attached hydrogen (secondary N) is 1. The Bertz CT molecular complexity index is 342. The fourth-order valence-electron chi connectivity index (χ4n) is 1.72. The van der Waals surface area contributed by atoms with Crippen molar-refractivity contribution in [1.82, 2.24) is 5.32 Å². The largest absolute Gasteiger partial charge is 0.467 e. The zero-order valence-corrected chi connectivity index (χ0v) is 9.07. The van der Waals surface area contributed by atoms with Gasteiger partial charge in [-0.25, -0.2) is 0 Å². The van der Waals surface area contributed by atoms with Crippen LogP contribution in [0.4, 0.5) is 0 Å². The summed E-state index contributed by atoms with van der Waals surface area (Å²) < 4.78 is 10.3. The molecule has 2 heterocycles. The van der Waals surface area contributed by atoms with E-state index in [0.29, 0.717) is 32.6 Å². The summed E-state index contributed by atoms with van der Waals surface area (Å²) in [6.45, 7) is 1.47. The van der Waals surface area contributed by atoms with Gasteiger partial charge in [-0.15, -0.1) is 0 Å². The Balaban J connectivity index is 1.87. The normalized spacial score (nSPS) is 19.3. The molecule has 1 aliphatic heterocycles. The SMILES string of the molecule is NC1(C(=O)NCc2ccco2)CCOCC1. The van der Waals surface area contributed by atoms with Crippen LogP contribution in [0.25, 0.3) is 0 Å². The van der Waals surface area contributed by atoms with Gasteiger partial charge >= 0.3 is 0 Å². The number of hydrogen-bond donors (Lipinski definition) is 2. The molecular formula is C11H16N2O3. The lowest BCUT2D eigenvalue weighted by Gasteiger charge is -2.31. The molecule has 0 spiro atoms. The second-order valence-electron chi connectivity index (χ2n) is 4.03. The summed E-state index contributed by atoms with van der Waals surface area (Å²) in [4.78, 5) is 11.9. The topological polar surface area (TPSA) is 77.5 Å². The third kappa shape index (κ3) is 2.43. The van der Waals surface area contributed by atoms with E-state index in [2.05, 4.69) is 5.32 Å². The molecule has 16 heavy (non-hydrogen) atoms. The van der Waals surface area contributed by atoms with E-state index >= 15 is 0 Å². The first kappa shape index (κ1) is 11.2. The van der Waals surface area contributed by atoms with Crippen molar-refractivity contribution in [2.24, 2.45) is 5.73 Å². The van der Waals surface area contributed by atoms with Gasteiger partial charge < -0.3 is 20.2 Å². The number of carbonyl (C=O) groups excluding carboxylic acids is 1. The molecule has 0 atom stereocenters. The van der Waals surface area contributed by atoms with Crippen LogP contribution in [-0.2, 0) is 16.1 Å². The number of rotatable bonds is 3. The van der Waals surface area contributed by atoms with Gasteiger partial charge in [0.15, 0.2) is 0 Å². The molecule has 5 heteroatoms. The summed E-state index contributed by atoms with van der Waals surface area (Å²) in [6.07, 6.45) is 2.71. The second kappa shape index (κ2) is 4.67. The summed E-state index contributed by atoms with van der Waals surface area (Å²) in [5, 5.41) is 2.78. The van der Waals surface area contributed by atoms with Crippen LogP contribution >= 0.6 is 0 Å². The van der Waals surface area contributed by atoms with Gasteiger partial charge in [0.2, 0.25) is 5.91 Å². The van der Waals surface area contributed by atoms with Crippen molar-refractivity contribution in [3.8, 4) is 0 Å². The molecule has 1 aromatic heterocycles. The molecule has 0 saturated carbocycles. The van der Waals surface area contributed by atoms with Crippen LogP contribution in [0.15, 0.2) is 22.8 Å². The van der Waals surface area contributed by atoms with Crippen LogP contribution in [0, 0.1) is 0 Å². The van der Waals surface area contributed by atoms with Crippen molar-refractivity contribution >= 4 is 5.91 Å². The van der Waals surface area contributed by atoms with Gasteiger partial charge in [0, 0.05) is 13.2 Å². The maximum absolute atomic E-state index is 11.9. The Morgan fingerprint density at radius 2 is 2.25 bits per heavy atom. The Morgan fingerprint density at radius 1 is 1.50 bits per heavy atom. The summed E-state index contributed by atoms with van der Waals surface area (Å²) in [6, 6.07) is 3.60. The fourth-order valence-corrected chi connectivity index (χ4v) is 1.72. The van der Waals surface area contributed by atoms with Crippen LogP contribution in [0.1, 0.15) is 18.6 Å². The highest BCUT2D eigenvalue weighted by Gasteiger charge is 2.35. The molecule has 0 bridgehead atoms. The van der Waals surface area contributed by atoms with Gasteiger partial charge in [-0.05, 0) is 25.0 Å². The average Bonchev–Trinajstić information content (AvgIpc) is 2.79. The fraction of sp³-hybridized carbons (Fsp3) is 0.545. The van der Waals surface area contributed by atoms with E-state index < -0.39 is 5.54 Å². The minimum atomic E-state index is -0.787. The van der Waals surface area contributed by atoms with Crippen molar-refractivity contribution < 1.29 is 13.9 Å². The van der Waals surface area contributed by atoms with Gasteiger partial charge in [0.25, 0.3) is 0 Å². The smallest absolute Gasteiger partial charge is 0.240 e. The second-order valence-corrected chi connectivity index (χ2v) is 4.03. The third-order valence-corrected chi connectivity index (χ3v) is 2.84. The predicted octanol–water partition coefficient (Wildman–Crippen LogP) is 0.404. The number of carbonyl (C=O) groups is 1. The van der Waals surface area contributed by atoms with Crippen molar-refractivity contribution in [2.75, 3.05) is 13.2 Å². The van der Waals surface area contributed by atoms with E-state index in [0.717, 1.165) is 5.76 Å². The van der Waals surface area contributed by atoms with E-state index in [1.807, 2.05) is 6.07 Å². The quantitative estimate of drug-likeness (QED) is 0.779. The maximum Gasteiger partial charge on any atom is 0.240 e.